The van der Waals surface area contributed by atoms with Crippen LogP contribution in [0.3, 0.4) is 0 Å². The van der Waals surface area contributed by atoms with Crippen LogP contribution in [0.4, 0.5) is 0 Å². The van der Waals surface area contributed by atoms with E-state index in [1.54, 1.807) is 110 Å². The third-order valence-electron chi connectivity index (χ3n) is 16.7. The van der Waals surface area contributed by atoms with Gasteiger partial charge in [-0.1, -0.05) is 48.5 Å². The van der Waals surface area contributed by atoms with Gasteiger partial charge in [0.15, 0.2) is 69.0 Å². The van der Waals surface area contributed by atoms with Crippen LogP contribution in [0.15, 0.2) is 206 Å². The second-order valence-corrected chi connectivity index (χ2v) is 24.8. The van der Waals surface area contributed by atoms with E-state index in [1.165, 1.54) is 119 Å². The van der Waals surface area contributed by atoms with Crippen molar-refractivity contribution in [2.45, 2.75) is 46.1 Å². The number of benzene rings is 11. The Labute approximate surface area is 664 Å². The van der Waals surface area contributed by atoms with Gasteiger partial charge in [-0.15, -0.1) is 0 Å². The maximum Gasteiger partial charge on any atom is 0.262 e. The SMILES string of the molecule is CCOc1cc(CN(Cc2ccc(O)c(OC)c2)C(=O)c2c(O)cc(O)cc2O)ccc1O.COc1cc(CCNC(=O)c2ccc(O)cc2O)ccc1O.COc1cc(CNC(=O)c2ccc(O)cc2)ccc1O.COc1cc(CNC(=O)c2ccc(O)cc2O)ccc1O.COc1cc(CNC(=O)c2ccccc2O)ccc1O. The van der Waals surface area contributed by atoms with E-state index >= 15 is 0 Å². The molecule has 0 spiro atoms. The van der Waals surface area contributed by atoms with Gasteiger partial charge in [0.25, 0.3) is 29.5 Å². The molecular weight excluding hydrogens is 1510 g/mol. The summed E-state index contributed by atoms with van der Waals surface area (Å²) in [6, 6.07) is 50.4. The lowest BCUT2D eigenvalue weighted by Crippen LogP contribution is -2.30. The van der Waals surface area contributed by atoms with E-state index in [9.17, 15) is 95.5 Å². The number of amides is 5. The molecule has 11 aromatic carbocycles. The van der Waals surface area contributed by atoms with Crippen LogP contribution in [-0.4, -0.2) is 160 Å². The van der Waals surface area contributed by atoms with Crippen LogP contribution >= 0.6 is 0 Å². The molecule has 31 heteroatoms. The van der Waals surface area contributed by atoms with Gasteiger partial charge in [0.05, 0.1) is 58.8 Å². The van der Waals surface area contributed by atoms with Crippen LogP contribution in [0.2, 0.25) is 0 Å². The first-order chi connectivity index (χ1) is 55.5. The molecule has 0 aliphatic carbocycles. The topological polar surface area (TPSA) is 496 Å². The van der Waals surface area contributed by atoms with Crippen LogP contribution in [-0.2, 0) is 39.1 Å². The summed E-state index contributed by atoms with van der Waals surface area (Å²) in [7, 11) is 7.23. The molecule has 0 saturated heterocycles. The van der Waals surface area contributed by atoms with Gasteiger partial charge in [-0.25, -0.2) is 0 Å². The van der Waals surface area contributed by atoms with Crippen LogP contribution < -0.4 is 49.7 Å². The lowest BCUT2D eigenvalue weighted by atomic mass is 10.1. The molecule has 0 aromatic heterocycles. The number of rotatable bonds is 25. The Morgan fingerprint density at radius 2 is 0.629 bits per heavy atom. The fourth-order valence-corrected chi connectivity index (χ4v) is 10.7. The third kappa shape index (κ3) is 25.6. The number of hydrogen-bond donors (Lipinski definition) is 19. The number of phenols is 15. The van der Waals surface area contributed by atoms with Crippen LogP contribution in [0.5, 0.6) is 121 Å². The average Bonchev–Trinajstić information content (AvgIpc) is 0.802. The largest absolute Gasteiger partial charge is 0.508 e. The number of ether oxygens (including phenoxy) is 6. The molecular formula is C85H87N5O26. The monoisotopic (exact) mass is 1590 g/mol. The van der Waals surface area contributed by atoms with E-state index in [1.807, 2.05) is 0 Å². The minimum absolute atomic E-state index is 0.0174. The lowest BCUT2D eigenvalue weighted by molar-refractivity contribution is 0.0722. The molecule has 0 aliphatic heterocycles. The van der Waals surface area contributed by atoms with Gasteiger partial charge in [-0.05, 0) is 180 Å². The Balaban J connectivity index is 0.000000204. The van der Waals surface area contributed by atoms with Crippen molar-refractivity contribution in [3.05, 3.63) is 267 Å². The molecule has 0 unspecified atom stereocenters. The van der Waals surface area contributed by atoms with E-state index in [-0.39, 0.29) is 141 Å². The second-order valence-electron chi connectivity index (χ2n) is 24.8. The summed E-state index contributed by atoms with van der Waals surface area (Å²) in [6.07, 6.45) is 0.543. The molecule has 608 valence electrons. The zero-order chi connectivity index (χ0) is 84.7. The number of para-hydroxylation sites is 1. The zero-order valence-electron chi connectivity index (χ0n) is 63.4. The zero-order valence-corrected chi connectivity index (χ0v) is 63.4. The van der Waals surface area contributed by atoms with Crippen LogP contribution in [0.1, 0.15) is 92.1 Å². The number of methoxy groups -OCH3 is 5. The number of carbonyl (C=O) groups excluding carboxylic acids is 5. The Morgan fingerprint density at radius 1 is 0.302 bits per heavy atom. The minimum Gasteiger partial charge on any atom is -0.508 e. The van der Waals surface area contributed by atoms with E-state index in [2.05, 4.69) is 21.3 Å². The summed E-state index contributed by atoms with van der Waals surface area (Å²) < 4.78 is 30.5. The predicted molar refractivity (Wildman–Crippen MR) is 423 cm³/mol. The molecule has 0 saturated carbocycles. The summed E-state index contributed by atoms with van der Waals surface area (Å²) in [5.41, 5.74) is 4.93. The summed E-state index contributed by atoms with van der Waals surface area (Å²) in [5, 5.41) is 155. The molecule has 116 heavy (non-hydrogen) atoms. The van der Waals surface area contributed by atoms with Gasteiger partial charge in [-0.2, -0.15) is 0 Å². The number of nitrogens with zero attached hydrogens (tertiary/aromatic N) is 1. The highest BCUT2D eigenvalue weighted by molar-refractivity contribution is 6.00. The van der Waals surface area contributed by atoms with E-state index in [4.69, 9.17) is 33.5 Å². The Hall–Kier alpha value is -15.4. The molecule has 0 aliphatic rings. The fourth-order valence-electron chi connectivity index (χ4n) is 10.7. The van der Waals surface area contributed by atoms with Gasteiger partial charge in [-0.3, -0.25) is 24.0 Å². The van der Waals surface area contributed by atoms with Crippen molar-refractivity contribution in [1.29, 1.82) is 0 Å². The summed E-state index contributed by atoms with van der Waals surface area (Å²) in [5.74, 6) is -2.55. The van der Waals surface area contributed by atoms with E-state index in [0.29, 0.717) is 65.8 Å². The van der Waals surface area contributed by atoms with Crippen molar-refractivity contribution in [1.82, 2.24) is 26.2 Å². The molecule has 31 nitrogen and oxygen atoms in total. The quantitative estimate of drug-likeness (QED) is 0.0253. The molecule has 0 atom stereocenters. The number of hydrogen-bond acceptors (Lipinski definition) is 26. The number of phenolic OH excluding ortho intramolecular Hbond substituents is 15. The molecule has 0 fully saturated rings. The minimum atomic E-state index is -0.705. The number of aromatic hydroxyl groups is 15. The average molecular weight is 1590 g/mol. The third-order valence-corrected chi connectivity index (χ3v) is 16.7. The van der Waals surface area contributed by atoms with Gasteiger partial charge in [0.1, 0.15) is 57.3 Å². The number of carbonyl (C=O) groups is 5. The van der Waals surface area contributed by atoms with Gasteiger partial charge in [0, 0.05) is 69.1 Å². The predicted octanol–water partition coefficient (Wildman–Crippen LogP) is 11.1. The smallest absolute Gasteiger partial charge is 0.262 e. The maximum atomic E-state index is 13.4. The molecule has 0 radical (unpaired) electrons. The molecule has 5 amide bonds. The highest BCUT2D eigenvalue weighted by Gasteiger charge is 2.26. The first-order valence-electron chi connectivity index (χ1n) is 35.0. The standard InChI is InChI=1S/C24H25NO8.C16H17NO5.C15H15NO5.2C15H15NO4/c1-3-33-22-9-15(5-7-18(22)28)13-25(12-14-4-6-17(27)21(8-14)32-2)24(31)23-19(29)10-16(26)11-20(23)30;1-22-15-8-10(2-5-13(15)19)6-7-17-16(21)12-4-3-11(18)9-14(12)20;1-21-14-6-9(2-5-12(14)18)8-16-15(20)11-4-3-10(17)7-13(11)19;1-20-14-8-10(2-7-13(14)18)9-16-15(19)11-3-5-12(17)6-4-11;1-20-14-8-10(6-7-13(14)18)9-16-15(19)11-4-2-3-5-12(11)17/h4-11,26-30H,3,12-13H2,1-2H3;2-5,8-9,18-20H,6-7H2,1H3,(H,17,21);2-7,17-19H,8H2,1H3,(H,16,20);2*2-8,17-18H,9H2,1H3,(H,16,19). The van der Waals surface area contributed by atoms with Crippen molar-refractivity contribution < 1.29 is 129 Å². The van der Waals surface area contributed by atoms with Crippen LogP contribution in [0.25, 0.3) is 0 Å². The fraction of sp³-hybridized carbons (Fsp3) is 0.165. The van der Waals surface area contributed by atoms with Crippen molar-refractivity contribution in [3.8, 4) is 121 Å². The first kappa shape index (κ1) is 87.8. The Kier molecular flexibility index (Phi) is 32.3. The Morgan fingerprint density at radius 3 is 1.03 bits per heavy atom. The van der Waals surface area contributed by atoms with Crippen molar-refractivity contribution in [2.24, 2.45) is 0 Å². The summed E-state index contributed by atoms with van der Waals surface area (Å²) in [6.45, 7) is 3.31. The molecule has 19 N–H and O–H groups in total. The highest BCUT2D eigenvalue weighted by Crippen LogP contribution is 2.37. The second kappa shape index (κ2) is 42.7. The lowest BCUT2D eigenvalue weighted by Gasteiger charge is -2.24. The molecule has 11 aromatic rings. The highest BCUT2D eigenvalue weighted by atomic mass is 16.5. The number of nitrogens with one attached hydrogen (secondary N) is 4. The van der Waals surface area contributed by atoms with Crippen molar-refractivity contribution >= 4 is 29.5 Å². The molecule has 11 rings (SSSR count). The normalized spacial score (nSPS) is 10.3. The van der Waals surface area contributed by atoms with E-state index in [0.717, 1.165) is 46.5 Å². The molecule has 0 bridgehead atoms. The maximum absolute atomic E-state index is 13.4. The van der Waals surface area contributed by atoms with Gasteiger partial charge < -0.3 is 131 Å². The van der Waals surface area contributed by atoms with Crippen molar-refractivity contribution in [2.75, 3.05) is 48.7 Å². The first-order valence-corrected chi connectivity index (χ1v) is 35.0. The van der Waals surface area contributed by atoms with E-state index < -0.39 is 35.0 Å². The van der Waals surface area contributed by atoms with Crippen molar-refractivity contribution in [3.63, 3.8) is 0 Å². The van der Waals surface area contributed by atoms with Crippen LogP contribution in [0, 0.1) is 0 Å². The summed E-state index contributed by atoms with van der Waals surface area (Å²) in [4.78, 5) is 62.4. The molecule has 0 heterocycles. The van der Waals surface area contributed by atoms with Gasteiger partial charge in [0.2, 0.25) is 0 Å². The summed E-state index contributed by atoms with van der Waals surface area (Å²) >= 11 is 0. The van der Waals surface area contributed by atoms with Gasteiger partial charge >= 0.3 is 0 Å². The Bertz CT molecular complexity index is 5190.